The molecule has 1 aromatic rings. The summed E-state index contributed by atoms with van der Waals surface area (Å²) in [5.41, 5.74) is 0. The van der Waals surface area contributed by atoms with Crippen LogP contribution in [-0.4, -0.2) is 33.8 Å². The summed E-state index contributed by atoms with van der Waals surface area (Å²) in [6, 6.07) is 0. The van der Waals surface area contributed by atoms with Crippen molar-refractivity contribution in [1.29, 1.82) is 0 Å². The van der Waals surface area contributed by atoms with Gasteiger partial charge in [-0.05, 0) is 6.42 Å². The van der Waals surface area contributed by atoms with Crippen LogP contribution in [0.4, 0.5) is 0 Å². The van der Waals surface area contributed by atoms with Gasteiger partial charge in [0.25, 0.3) is 0 Å². The van der Waals surface area contributed by atoms with Gasteiger partial charge in [0, 0.05) is 31.5 Å². The smallest absolute Gasteiger partial charge is 0.372 e. The maximum absolute atomic E-state index is 10.7. The number of carbonyl (C=O) groups is 1. The minimum atomic E-state index is -0.978. The van der Waals surface area contributed by atoms with Crippen LogP contribution in [0.15, 0.2) is 12.4 Å². The number of aromatic nitrogens is 2. The van der Waals surface area contributed by atoms with Gasteiger partial charge in [-0.15, -0.1) is 0 Å². The lowest BCUT2D eigenvalue weighted by Gasteiger charge is -2.09. The molecule has 0 aromatic carbocycles. The highest BCUT2D eigenvalue weighted by Gasteiger charge is 2.19. The van der Waals surface area contributed by atoms with E-state index in [2.05, 4.69) is 4.98 Å². The molecule has 5 nitrogen and oxygen atoms in total. The molecule has 2 rings (SSSR count). The van der Waals surface area contributed by atoms with E-state index >= 15 is 0 Å². The number of aromatic carboxylic acids is 1. The van der Waals surface area contributed by atoms with Gasteiger partial charge in [0.2, 0.25) is 5.82 Å². The highest BCUT2D eigenvalue weighted by atomic mass is 16.5. The molecule has 1 unspecified atom stereocenters. The number of hydrogen-bond donors (Lipinski definition) is 1. The molecule has 0 radical (unpaired) electrons. The summed E-state index contributed by atoms with van der Waals surface area (Å²) in [7, 11) is 0. The zero-order valence-electron chi connectivity index (χ0n) is 7.72. The van der Waals surface area contributed by atoms with Crippen molar-refractivity contribution < 1.29 is 14.6 Å². The second-order valence-corrected chi connectivity index (χ2v) is 3.44. The Labute approximate surface area is 81.3 Å². The first-order valence-corrected chi connectivity index (χ1v) is 4.59. The summed E-state index contributed by atoms with van der Waals surface area (Å²) < 4.78 is 6.89. The largest absolute Gasteiger partial charge is 0.475 e. The van der Waals surface area contributed by atoms with Crippen LogP contribution < -0.4 is 0 Å². The van der Waals surface area contributed by atoms with E-state index in [0.717, 1.165) is 19.6 Å². The monoisotopic (exact) mass is 196 g/mol. The van der Waals surface area contributed by atoms with Crippen LogP contribution in [0.25, 0.3) is 0 Å². The molecule has 1 atom stereocenters. The Bertz CT molecular complexity index is 329. The summed E-state index contributed by atoms with van der Waals surface area (Å²) in [5.74, 6) is -0.451. The fourth-order valence-corrected chi connectivity index (χ4v) is 1.66. The molecule has 76 valence electrons. The van der Waals surface area contributed by atoms with E-state index in [-0.39, 0.29) is 5.82 Å². The molecule has 1 N–H and O–H groups in total. The van der Waals surface area contributed by atoms with Gasteiger partial charge in [-0.3, -0.25) is 0 Å². The molecule has 0 saturated carbocycles. The van der Waals surface area contributed by atoms with Crippen LogP contribution in [0.2, 0.25) is 0 Å². The van der Waals surface area contributed by atoms with Gasteiger partial charge in [0.1, 0.15) is 0 Å². The lowest BCUT2D eigenvalue weighted by atomic mass is 10.1. The standard InChI is InChI=1S/C9H12N2O3/c12-9(13)8-10-2-3-11(8)5-7-1-4-14-6-7/h2-3,7H,1,4-6H2,(H,12,13). The van der Waals surface area contributed by atoms with Crippen molar-refractivity contribution in [3.8, 4) is 0 Å². The van der Waals surface area contributed by atoms with Crippen LogP contribution in [0.1, 0.15) is 17.0 Å². The maximum Gasteiger partial charge on any atom is 0.372 e. The molecular weight excluding hydrogens is 184 g/mol. The Morgan fingerprint density at radius 3 is 3.29 bits per heavy atom. The number of imidazole rings is 1. The zero-order chi connectivity index (χ0) is 9.97. The van der Waals surface area contributed by atoms with E-state index in [0.29, 0.717) is 12.5 Å². The normalized spacial score (nSPS) is 21.3. The number of carboxylic acids is 1. The van der Waals surface area contributed by atoms with Gasteiger partial charge in [-0.2, -0.15) is 0 Å². The predicted octanol–water partition coefficient (Wildman–Crippen LogP) is 0.618. The van der Waals surface area contributed by atoms with Gasteiger partial charge >= 0.3 is 5.97 Å². The van der Waals surface area contributed by atoms with Crippen molar-refractivity contribution in [3.05, 3.63) is 18.2 Å². The molecule has 0 bridgehead atoms. The van der Waals surface area contributed by atoms with Gasteiger partial charge < -0.3 is 14.4 Å². The minimum Gasteiger partial charge on any atom is -0.475 e. The SMILES string of the molecule is O=C(O)c1nccn1CC1CCOC1. The Kier molecular flexibility index (Phi) is 2.49. The molecule has 14 heavy (non-hydrogen) atoms. The van der Waals surface area contributed by atoms with Crippen LogP contribution >= 0.6 is 0 Å². The molecule has 0 aliphatic carbocycles. The van der Waals surface area contributed by atoms with E-state index in [9.17, 15) is 4.79 Å². The van der Waals surface area contributed by atoms with Crippen molar-refractivity contribution in [3.63, 3.8) is 0 Å². The Balaban J connectivity index is 2.07. The number of ether oxygens (including phenoxy) is 1. The Hall–Kier alpha value is -1.36. The van der Waals surface area contributed by atoms with Gasteiger partial charge in [-0.1, -0.05) is 0 Å². The third-order valence-corrected chi connectivity index (χ3v) is 2.39. The fraction of sp³-hybridized carbons (Fsp3) is 0.556. The van der Waals surface area contributed by atoms with Crippen LogP contribution in [0.5, 0.6) is 0 Å². The van der Waals surface area contributed by atoms with Crippen molar-refractivity contribution >= 4 is 5.97 Å². The fourth-order valence-electron chi connectivity index (χ4n) is 1.66. The average molecular weight is 196 g/mol. The molecule has 2 heterocycles. The molecule has 0 spiro atoms. The Morgan fingerprint density at radius 2 is 2.64 bits per heavy atom. The molecular formula is C9H12N2O3. The van der Waals surface area contributed by atoms with Crippen LogP contribution in [0, 0.1) is 5.92 Å². The first kappa shape index (κ1) is 9.21. The first-order valence-electron chi connectivity index (χ1n) is 4.59. The lowest BCUT2D eigenvalue weighted by Crippen LogP contribution is -2.15. The first-order chi connectivity index (χ1) is 6.77. The number of hydrogen-bond acceptors (Lipinski definition) is 3. The van der Waals surface area contributed by atoms with E-state index < -0.39 is 5.97 Å². The average Bonchev–Trinajstić information content (AvgIpc) is 2.75. The molecule has 1 aromatic heterocycles. The van der Waals surface area contributed by atoms with E-state index in [4.69, 9.17) is 9.84 Å². The molecule has 0 amide bonds. The Morgan fingerprint density at radius 1 is 1.79 bits per heavy atom. The zero-order valence-corrected chi connectivity index (χ0v) is 7.72. The molecule has 1 aliphatic heterocycles. The van der Waals surface area contributed by atoms with Gasteiger partial charge in [0.05, 0.1) is 6.61 Å². The van der Waals surface area contributed by atoms with E-state index in [1.807, 2.05) is 0 Å². The number of nitrogens with zero attached hydrogens (tertiary/aromatic N) is 2. The van der Waals surface area contributed by atoms with Gasteiger partial charge in [-0.25, -0.2) is 9.78 Å². The summed E-state index contributed by atoms with van der Waals surface area (Å²) >= 11 is 0. The summed E-state index contributed by atoms with van der Waals surface area (Å²) in [5, 5.41) is 8.81. The third-order valence-electron chi connectivity index (χ3n) is 2.39. The second-order valence-electron chi connectivity index (χ2n) is 3.44. The summed E-state index contributed by atoms with van der Waals surface area (Å²) in [6.45, 7) is 2.18. The number of rotatable bonds is 3. The highest BCUT2D eigenvalue weighted by Crippen LogP contribution is 2.15. The quantitative estimate of drug-likeness (QED) is 0.769. The third kappa shape index (κ3) is 1.77. The minimum absolute atomic E-state index is 0.108. The molecule has 1 saturated heterocycles. The highest BCUT2D eigenvalue weighted by molar-refractivity contribution is 5.83. The summed E-state index contributed by atoms with van der Waals surface area (Å²) in [4.78, 5) is 14.5. The van der Waals surface area contributed by atoms with E-state index in [1.54, 1.807) is 10.8 Å². The second kappa shape index (κ2) is 3.79. The summed E-state index contributed by atoms with van der Waals surface area (Å²) in [6.07, 6.45) is 4.21. The topological polar surface area (TPSA) is 64.3 Å². The van der Waals surface area contributed by atoms with Crippen molar-refractivity contribution in [2.24, 2.45) is 5.92 Å². The van der Waals surface area contributed by atoms with Crippen LogP contribution in [0.3, 0.4) is 0 Å². The van der Waals surface area contributed by atoms with E-state index in [1.165, 1.54) is 6.20 Å². The number of carboxylic acid groups (broad SMARTS) is 1. The van der Waals surface area contributed by atoms with Gasteiger partial charge in [0.15, 0.2) is 0 Å². The predicted molar refractivity (Wildman–Crippen MR) is 48.1 cm³/mol. The van der Waals surface area contributed by atoms with Crippen molar-refractivity contribution in [2.75, 3.05) is 13.2 Å². The molecule has 5 heteroatoms. The molecule has 1 aliphatic rings. The van der Waals surface area contributed by atoms with Crippen molar-refractivity contribution in [1.82, 2.24) is 9.55 Å². The lowest BCUT2D eigenvalue weighted by molar-refractivity contribution is 0.0676. The maximum atomic E-state index is 10.7. The molecule has 1 fully saturated rings. The van der Waals surface area contributed by atoms with Crippen LogP contribution in [-0.2, 0) is 11.3 Å². The van der Waals surface area contributed by atoms with Crippen molar-refractivity contribution in [2.45, 2.75) is 13.0 Å².